The molecule has 0 amide bonds. The first-order valence-corrected chi connectivity index (χ1v) is 2.13. The molecule has 0 atom stereocenters. The zero-order chi connectivity index (χ0) is 4.41. The molecule has 0 fully saturated rings. The minimum atomic E-state index is 0. The molecule has 0 aromatic heterocycles. The molecular weight excluding hydrogens is 187 g/mol. The quantitative estimate of drug-likeness (QED) is 0.527. The molecule has 0 spiro atoms. The van der Waals surface area contributed by atoms with Crippen molar-refractivity contribution in [3.05, 3.63) is 38.7 Å². The Kier molecular flexibility index (Phi) is 15.0. The van der Waals surface area contributed by atoms with E-state index in [1.807, 2.05) is 6.08 Å². The van der Waals surface area contributed by atoms with Gasteiger partial charge in [-0.3, -0.25) is 6.08 Å². The minimum Gasteiger partial charge on any atom is -0.358 e. The average Bonchev–Trinajstić information content (AvgIpc) is 1.86. The van der Waals surface area contributed by atoms with Gasteiger partial charge in [0.05, 0.1) is 0 Å². The van der Waals surface area contributed by atoms with E-state index >= 15 is 0 Å². The average molecular weight is 200 g/mol. The van der Waals surface area contributed by atoms with Crippen molar-refractivity contribution in [3.63, 3.8) is 0 Å². The molecule has 0 N–H and O–H groups in total. The molecule has 49 valence electrons. The smallest absolute Gasteiger partial charge is 0.358 e. The predicted octanol–water partition coefficient (Wildman–Crippen LogP) is 2.59. The van der Waals surface area contributed by atoms with E-state index in [-0.39, 0.29) is 41.1 Å². The van der Waals surface area contributed by atoms with Crippen LogP contribution in [-0.2, 0) is 26.2 Å². The molecule has 1 heteroatoms. The summed E-state index contributed by atoms with van der Waals surface area (Å²) in [7, 11) is 0. The van der Waals surface area contributed by atoms with Crippen LogP contribution in [0.25, 0.3) is 0 Å². The summed E-state index contributed by atoms with van der Waals surface area (Å²) in [5, 5.41) is 0. The van der Waals surface area contributed by atoms with Gasteiger partial charge >= 0.3 is 26.2 Å². The van der Waals surface area contributed by atoms with Crippen molar-refractivity contribution in [3.8, 4) is 0 Å². The Labute approximate surface area is 78.2 Å². The Balaban J connectivity index is -0.000000120. The van der Waals surface area contributed by atoms with Crippen LogP contribution in [0.5, 0.6) is 0 Å². The molecule has 0 aromatic carbocycles. The number of rotatable bonds is 0. The topological polar surface area (TPSA) is 0 Å². The van der Waals surface area contributed by atoms with Gasteiger partial charge in [0.25, 0.3) is 0 Å². The first-order valence-electron chi connectivity index (χ1n) is 2.13. The zero-order valence-corrected chi connectivity index (χ0v) is 8.82. The summed E-state index contributed by atoms with van der Waals surface area (Å²) >= 11 is 0. The summed E-state index contributed by atoms with van der Waals surface area (Å²) in [6.45, 7) is 2.08. The van der Waals surface area contributed by atoms with Crippen molar-refractivity contribution in [1.82, 2.24) is 0 Å². The van der Waals surface area contributed by atoms with Crippen LogP contribution in [0.15, 0.2) is 17.7 Å². The van der Waals surface area contributed by atoms with E-state index in [2.05, 4.69) is 19.1 Å². The van der Waals surface area contributed by atoms with Gasteiger partial charge in [-0.15, -0.1) is 0 Å². The van der Waals surface area contributed by atoms with Crippen molar-refractivity contribution >= 4 is 0 Å². The van der Waals surface area contributed by atoms with Gasteiger partial charge < -0.3 is 14.9 Å². The summed E-state index contributed by atoms with van der Waals surface area (Å²) < 4.78 is 0. The van der Waals surface area contributed by atoms with Crippen molar-refractivity contribution in [2.45, 2.75) is 13.3 Å². The third-order valence-electron chi connectivity index (χ3n) is 0.872. The fourth-order valence-electron chi connectivity index (χ4n) is 0.496. The molecular formula is C8H13Zr. The maximum Gasteiger partial charge on any atom is 3.00 e. The molecule has 0 aromatic rings. The molecule has 1 rings (SSSR count). The van der Waals surface area contributed by atoms with Crippen LogP contribution >= 0.6 is 0 Å². The van der Waals surface area contributed by atoms with E-state index in [0.29, 0.717) is 0 Å². The molecule has 0 bridgehead atoms. The van der Waals surface area contributed by atoms with Gasteiger partial charge in [0.2, 0.25) is 0 Å². The Hall–Kier alpha value is 0.363. The molecule has 0 heterocycles. The van der Waals surface area contributed by atoms with Crippen LogP contribution in [0.1, 0.15) is 13.3 Å². The molecule has 9 heavy (non-hydrogen) atoms. The first kappa shape index (κ1) is 16.2. The van der Waals surface area contributed by atoms with Crippen molar-refractivity contribution < 1.29 is 26.2 Å². The van der Waals surface area contributed by atoms with Gasteiger partial charge in [-0.25, -0.2) is 12.2 Å². The van der Waals surface area contributed by atoms with E-state index in [9.17, 15) is 0 Å². The van der Waals surface area contributed by atoms with E-state index in [4.69, 9.17) is 0 Å². The second kappa shape index (κ2) is 8.36. The Morgan fingerprint density at radius 2 is 2.00 bits per heavy atom. The van der Waals surface area contributed by atoms with E-state index in [1.165, 1.54) is 5.57 Å². The number of allylic oxidation sites excluding steroid dienone is 4. The second-order valence-electron chi connectivity index (χ2n) is 1.53. The van der Waals surface area contributed by atoms with Gasteiger partial charge in [0.15, 0.2) is 0 Å². The number of hydrogen-bond acceptors (Lipinski definition) is 0. The molecule has 1 radical (unpaired) electrons. The van der Waals surface area contributed by atoms with Gasteiger partial charge in [0, 0.05) is 0 Å². The molecule has 1 aliphatic rings. The van der Waals surface area contributed by atoms with E-state index < -0.39 is 0 Å². The van der Waals surface area contributed by atoms with Crippen LogP contribution in [0.4, 0.5) is 0 Å². The normalized spacial score (nSPS) is 12.3. The monoisotopic (exact) mass is 199 g/mol. The summed E-state index contributed by atoms with van der Waals surface area (Å²) in [6.07, 6.45) is 8.24. The Morgan fingerprint density at radius 1 is 1.44 bits per heavy atom. The zero-order valence-electron chi connectivity index (χ0n) is 6.36. The van der Waals surface area contributed by atoms with E-state index in [0.717, 1.165) is 6.42 Å². The van der Waals surface area contributed by atoms with Crippen LogP contribution in [0.3, 0.4) is 0 Å². The molecule has 1 aliphatic carbocycles. The molecule has 0 unspecified atom stereocenters. The molecule has 0 nitrogen and oxygen atoms in total. The number of hydrogen-bond donors (Lipinski definition) is 0. The SMILES string of the molecule is CC1=[C-]C=CC1.[CH3-].[CH3-].[Zr+3]. The second-order valence-corrected chi connectivity index (χ2v) is 1.53. The first-order chi connectivity index (χ1) is 2.89. The largest absolute Gasteiger partial charge is 3.00 e. The summed E-state index contributed by atoms with van der Waals surface area (Å²) in [4.78, 5) is 0. The minimum absolute atomic E-state index is 0. The molecule has 0 aliphatic heterocycles. The van der Waals surface area contributed by atoms with Crippen molar-refractivity contribution in [1.29, 1.82) is 0 Å². The molecule has 0 saturated carbocycles. The van der Waals surface area contributed by atoms with Crippen molar-refractivity contribution in [2.24, 2.45) is 0 Å². The van der Waals surface area contributed by atoms with Gasteiger partial charge in [0.1, 0.15) is 0 Å². The van der Waals surface area contributed by atoms with Gasteiger partial charge in [-0.05, 0) is 0 Å². The summed E-state index contributed by atoms with van der Waals surface area (Å²) in [5.41, 5.74) is 1.34. The van der Waals surface area contributed by atoms with Gasteiger partial charge in [-0.2, -0.15) is 5.57 Å². The van der Waals surface area contributed by atoms with Crippen LogP contribution in [-0.4, -0.2) is 0 Å². The summed E-state index contributed by atoms with van der Waals surface area (Å²) in [5.74, 6) is 0. The van der Waals surface area contributed by atoms with E-state index in [1.54, 1.807) is 0 Å². The molecule has 0 saturated heterocycles. The van der Waals surface area contributed by atoms with Gasteiger partial charge in [-0.1, -0.05) is 13.3 Å². The van der Waals surface area contributed by atoms with Crippen LogP contribution in [0, 0.1) is 20.9 Å². The van der Waals surface area contributed by atoms with Crippen LogP contribution < -0.4 is 0 Å². The maximum atomic E-state index is 3.06. The standard InChI is InChI=1S/C6H7.2CH3.Zr/c1-6-4-2-3-5-6;;;/h2-3H,4H2,1H3;2*1H3;/q3*-1;+3. The predicted molar refractivity (Wildman–Crippen MR) is 39.0 cm³/mol. The Morgan fingerprint density at radius 3 is 2.11 bits per heavy atom. The van der Waals surface area contributed by atoms with Crippen molar-refractivity contribution in [2.75, 3.05) is 0 Å². The Bertz CT molecular complexity index is 101. The summed E-state index contributed by atoms with van der Waals surface area (Å²) in [6, 6.07) is 0. The maximum absolute atomic E-state index is 3.06. The fraction of sp³-hybridized carbons (Fsp3) is 0.250. The third-order valence-corrected chi connectivity index (χ3v) is 0.872. The third kappa shape index (κ3) is 6.25. The fourth-order valence-corrected chi connectivity index (χ4v) is 0.496. The van der Waals surface area contributed by atoms with Crippen LogP contribution in [0.2, 0.25) is 0 Å².